The summed E-state index contributed by atoms with van der Waals surface area (Å²) in [7, 11) is -1.33. The summed E-state index contributed by atoms with van der Waals surface area (Å²) in [5, 5.41) is 3.31. The minimum absolute atomic E-state index is 0.154. The van der Waals surface area contributed by atoms with Gasteiger partial charge in [-0.1, -0.05) is 24.3 Å². The van der Waals surface area contributed by atoms with Crippen molar-refractivity contribution in [2.24, 2.45) is 0 Å². The number of nitrogens with zero attached hydrogens (tertiary/aromatic N) is 3. The standard InChI is InChI=1S/C21H22FN5OS/c1-14-11-24-8-9-27(14)29(28)20-5-3-2-4-16(20)15-6-7-17(18(22)10-15)19-12-26-21(23)13-25-19/h2-7,10,12-14,24H,8-9,11H2,1H3,(H2,23,26). The first-order chi connectivity index (χ1) is 14.0. The van der Waals surface area contributed by atoms with Gasteiger partial charge in [0.05, 0.1) is 23.0 Å². The molecule has 6 nitrogen and oxygen atoms in total. The molecule has 2 aromatic carbocycles. The number of rotatable bonds is 4. The second-order valence-corrected chi connectivity index (χ2v) is 8.37. The predicted octanol–water partition coefficient (Wildman–Crippen LogP) is 2.85. The zero-order chi connectivity index (χ0) is 20.4. The van der Waals surface area contributed by atoms with Gasteiger partial charge in [0.15, 0.2) is 0 Å². The first-order valence-electron chi connectivity index (χ1n) is 9.40. The highest BCUT2D eigenvalue weighted by molar-refractivity contribution is 7.82. The molecule has 8 heteroatoms. The largest absolute Gasteiger partial charge is 0.382 e. The SMILES string of the molecule is CC1CNCCN1S(=O)c1ccccc1-c1ccc(-c2cnc(N)cn2)c(F)c1. The van der Waals surface area contributed by atoms with E-state index in [4.69, 9.17) is 5.73 Å². The van der Waals surface area contributed by atoms with E-state index >= 15 is 0 Å². The molecular weight excluding hydrogens is 389 g/mol. The summed E-state index contributed by atoms with van der Waals surface area (Å²) in [6, 6.07) is 12.5. The second-order valence-electron chi connectivity index (χ2n) is 6.96. The fraction of sp³-hybridized carbons (Fsp3) is 0.238. The van der Waals surface area contributed by atoms with Crippen LogP contribution in [-0.2, 0) is 11.0 Å². The molecule has 150 valence electrons. The van der Waals surface area contributed by atoms with Gasteiger partial charge in [-0.2, -0.15) is 0 Å². The Morgan fingerprint density at radius 3 is 2.72 bits per heavy atom. The number of benzene rings is 2. The van der Waals surface area contributed by atoms with Crippen LogP contribution in [0.3, 0.4) is 0 Å². The molecule has 1 aromatic heterocycles. The molecule has 2 unspecified atom stereocenters. The van der Waals surface area contributed by atoms with Crippen LogP contribution in [0, 0.1) is 5.82 Å². The maximum Gasteiger partial charge on any atom is 0.141 e. The number of aromatic nitrogens is 2. The monoisotopic (exact) mass is 411 g/mol. The number of nitrogen functional groups attached to an aromatic ring is 1. The molecule has 1 aliphatic rings. The summed E-state index contributed by atoms with van der Waals surface area (Å²) in [6.07, 6.45) is 2.85. The molecule has 2 atom stereocenters. The van der Waals surface area contributed by atoms with Gasteiger partial charge in [0, 0.05) is 31.2 Å². The van der Waals surface area contributed by atoms with Gasteiger partial charge in [-0.15, -0.1) is 0 Å². The number of nitrogens with one attached hydrogen (secondary N) is 1. The first kappa shape index (κ1) is 19.6. The minimum atomic E-state index is -1.33. The average molecular weight is 412 g/mol. The highest BCUT2D eigenvalue weighted by Crippen LogP contribution is 2.31. The molecule has 0 saturated carbocycles. The Hall–Kier alpha value is -2.68. The van der Waals surface area contributed by atoms with Crippen molar-refractivity contribution in [3.8, 4) is 22.4 Å². The summed E-state index contributed by atoms with van der Waals surface area (Å²) in [6.45, 7) is 4.34. The van der Waals surface area contributed by atoms with Crippen molar-refractivity contribution >= 4 is 16.8 Å². The summed E-state index contributed by atoms with van der Waals surface area (Å²) in [5.41, 5.74) is 7.73. The van der Waals surface area contributed by atoms with Crippen LogP contribution in [0.15, 0.2) is 59.8 Å². The third-order valence-electron chi connectivity index (χ3n) is 4.96. The molecule has 1 saturated heterocycles. The molecule has 4 rings (SSSR count). The van der Waals surface area contributed by atoms with Gasteiger partial charge in [-0.05, 0) is 36.2 Å². The Bertz CT molecular complexity index is 1040. The molecule has 2 heterocycles. The maximum atomic E-state index is 14.9. The van der Waals surface area contributed by atoms with Crippen LogP contribution in [0.25, 0.3) is 22.4 Å². The van der Waals surface area contributed by atoms with Crippen LogP contribution >= 0.6 is 0 Å². The van der Waals surface area contributed by atoms with Crippen LogP contribution in [0.1, 0.15) is 6.92 Å². The average Bonchev–Trinajstić information content (AvgIpc) is 2.74. The van der Waals surface area contributed by atoms with Gasteiger partial charge in [-0.3, -0.25) is 4.98 Å². The van der Waals surface area contributed by atoms with Crippen LogP contribution < -0.4 is 11.1 Å². The summed E-state index contributed by atoms with van der Waals surface area (Å²) in [4.78, 5) is 8.79. The Labute approximate surface area is 171 Å². The first-order valence-corrected chi connectivity index (χ1v) is 10.5. The van der Waals surface area contributed by atoms with E-state index in [1.807, 2.05) is 34.6 Å². The summed E-state index contributed by atoms with van der Waals surface area (Å²) < 4.78 is 30.1. The van der Waals surface area contributed by atoms with Gasteiger partial charge in [0.1, 0.15) is 22.6 Å². The molecule has 29 heavy (non-hydrogen) atoms. The van der Waals surface area contributed by atoms with Crippen molar-refractivity contribution < 1.29 is 8.60 Å². The summed E-state index contributed by atoms with van der Waals surface area (Å²) >= 11 is 0. The van der Waals surface area contributed by atoms with Gasteiger partial charge < -0.3 is 11.1 Å². The van der Waals surface area contributed by atoms with Crippen molar-refractivity contribution in [3.05, 3.63) is 60.7 Å². The lowest BCUT2D eigenvalue weighted by atomic mass is 10.0. The van der Waals surface area contributed by atoms with Crippen molar-refractivity contribution in [2.45, 2.75) is 17.9 Å². The molecule has 1 aliphatic heterocycles. The quantitative estimate of drug-likeness (QED) is 0.690. The van der Waals surface area contributed by atoms with E-state index in [9.17, 15) is 8.60 Å². The van der Waals surface area contributed by atoms with Crippen LogP contribution in [0.4, 0.5) is 10.2 Å². The molecular formula is C21H22FN5OS. The number of nitrogens with two attached hydrogens (primary N) is 1. The third-order valence-corrected chi connectivity index (χ3v) is 6.66. The Balaban J connectivity index is 1.70. The molecule has 3 N–H and O–H groups in total. The zero-order valence-electron chi connectivity index (χ0n) is 16.0. The molecule has 3 aromatic rings. The number of hydrogen-bond donors (Lipinski definition) is 2. The van der Waals surface area contributed by atoms with Gasteiger partial charge in [-0.25, -0.2) is 17.9 Å². The normalized spacial score (nSPS) is 18.5. The number of anilines is 1. The van der Waals surface area contributed by atoms with Gasteiger partial charge in [0.2, 0.25) is 0 Å². The lowest BCUT2D eigenvalue weighted by Crippen LogP contribution is -2.50. The fourth-order valence-electron chi connectivity index (χ4n) is 3.42. The Morgan fingerprint density at radius 1 is 1.17 bits per heavy atom. The smallest absolute Gasteiger partial charge is 0.141 e. The van der Waals surface area contributed by atoms with Gasteiger partial charge in [0.25, 0.3) is 0 Å². The molecule has 0 radical (unpaired) electrons. The van der Waals surface area contributed by atoms with Gasteiger partial charge >= 0.3 is 0 Å². The molecule has 0 aliphatic carbocycles. The molecule has 0 spiro atoms. The number of hydrogen-bond acceptors (Lipinski definition) is 5. The highest BCUT2D eigenvalue weighted by atomic mass is 32.2. The molecule has 1 fully saturated rings. The molecule has 0 bridgehead atoms. The highest BCUT2D eigenvalue weighted by Gasteiger charge is 2.26. The van der Waals surface area contributed by atoms with E-state index in [1.54, 1.807) is 6.07 Å². The van der Waals surface area contributed by atoms with Crippen LogP contribution in [0.5, 0.6) is 0 Å². The van der Waals surface area contributed by atoms with E-state index in [0.29, 0.717) is 28.3 Å². The van der Waals surface area contributed by atoms with Crippen molar-refractivity contribution in [3.63, 3.8) is 0 Å². The summed E-state index contributed by atoms with van der Waals surface area (Å²) in [5.74, 6) is -0.137. The predicted molar refractivity (Wildman–Crippen MR) is 113 cm³/mol. The number of halogens is 1. The van der Waals surface area contributed by atoms with Crippen molar-refractivity contribution in [2.75, 3.05) is 25.4 Å². The van der Waals surface area contributed by atoms with Crippen LogP contribution in [0.2, 0.25) is 0 Å². The lowest BCUT2D eigenvalue weighted by molar-refractivity contribution is 0.297. The fourth-order valence-corrected chi connectivity index (χ4v) is 4.90. The van der Waals surface area contributed by atoms with Crippen molar-refractivity contribution in [1.82, 2.24) is 19.6 Å². The molecule has 0 amide bonds. The lowest BCUT2D eigenvalue weighted by Gasteiger charge is -2.32. The number of piperazine rings is 1. The Kier molecular flexibility index (Phi) is 5.66. The van der Waals surface area contributed by atoms with Crippen molar-refractivity contribution in [1.29, 1.82) is 0 Å². The minimum Gasteiger partial charge on any atom is -0.382 e. The maximum absolute atomic E-state index is 14.9. The topological polar surface area (TPSA) is 84.1 Å². The van der Waals surface area contributed by atoms with E-state index in [0.717, 1.165) is 18.7 Å². The van der Waals surface area contributed by atoms with E-state index < -0.39 is 16.8 Å². The Morgan fingerprint density at radius 2 is 2.00 bits per heavy atom. The van der Waals surface area contributed by atoms with E-state index in [-0.39, 0.29) is 11.9 Å². The third kappa shape index (κ3) is 4.05. The van der Waals surface area contributed by atoms with E-state index in [2.05, 4.69) is 22.2 Å². The zero-order valence-corrected chi connectivity index (χ0v) is 16.8. The second kappa shape index (κ2) is 8.36. The van der Waals surface area contributed by atoms with E-state index in [1.165, 1.54) is 18.5 Å². The van der Waals surface area contributed by atoms with Crippen LogP contribution in [-0.4, -0.2) is 44.2 Å².